The van der Waals surface area contributed by atoms with Crippen LogP contribution in [0.4, 0.5) is 10.5 Å². The average molecular weight is 277 g/mol. The minimum atomic E-state index is -0.555. The SMILES string of the molecule is CC(NC1CCCC(O)C1)c1ccc(NC(N)=O)cc1. The Hall–Kier alpha value is -1.59. The Kier molecular flexibility index (Phi) is 4.98. The molecular weight excluding hydrogens is 254 g/mol. The fraction of sp³-hybridized carbons (Fsp3) is 0.533. The molecule has 1 saturated carbocycles. The number of rotatable bonds is 4. The molecule has 0 heterocycles. The summed E-state index contributed by atoms with van der Waals surface area (Å²) in [5.41, 5.74) is 6.92. The predicted octanol–water partition coefficient (Wildman–Crippen LogP) is 2.13. The van der Waals surface area contributed by atoms with Crippen molar-refractivity contribution in [2.75, 3.05) is 5.32 Å². The molecule has 20 heavy (non-hydrogen) atoms. The van der Waals surface area contributed by atoms with E-state index in [0.717, 1.165) is 31.2 Å². The first kappa shape index (κ1) is 14.8. The van der Waals surface area contributed by atoms with Gasteiger partial charge >= 0.3 is 6.03 Å². The lowest BCUT2D eigenvalue weighted by Crippen LogP contribution is -2.37. The summed E-state index contributed by atoms with van der Waals surface area (Å²) in [4.78, 5) is 10.8. The molecule has 0 bridgehead atoms. The zero-order valence-corrected chi connectivity index (χ0v) is 11.8. The van der Waals surface area contributed by atoms with Gasteiger partial charge in [0.1, 0.15) is 0 Å². The van der Waals surface area contributed by atoms with Crippen LogP contribution in [-0.4, -0.2) is 23.3 Å². The molecule has 110 valence electrons. The van der Waals surface area contributed by atoms with Gasteiger partial charge in [-0.05, 0) is 50.3 Å². The van der Waals surface area contributed by atoms with Crippen LogP contribution >= 0.6 is 0 Å². The Bertz CT molecular complexity index is 447. The van der Waals surface area contributed by atoms with Gasteiger partial charge in [0.15, 0.2) is 0 Å². The standard InChI is InChI=1S/C15H23N3O2/c1-10(17-13-3-2-4-14(19)9-13)11-5-7-12(8-6-11)18-15(16)20/h5-8,10,13-14,17,19H,2-4,9H2,1H3,(H3,16,18,20). The Morgan fingerprint density at radius 2 is 2.05 bits per heavy atom. The number of anilines is 1. The van der Waals surface area contributed by atoms with E-state index in [-0.39, 0.29) is 12.1 Å². The molecule has 3 unspecified atom stereocenters. The smallest absolute Gasteiger partial charge is 0.316 e. The third-order valence-electron chi connectivity index (χ3n) is 3.81. The van der Waals surface area contributed by atoms with E-state index in [1.54, 1.807) is 0 Å². The highest BCUT2D eigenvalue weighted by molar-refractivity contribution is 5.87. The maximum absolute atomic E-state index is 10.8. The van der Waals surface area contributed by atoms with Crippen LogP contribution in [-0.2, 0) is 0 Å². The van der Waals surface area contributed by atoms with E-state index in [2.05, 4.69) is 17.6 Å². The van der Waals surface area contributed by atoms with Gasteiger partial charge in [0.05, 0.1) is 6.10 Å². The van der Waals surface area contributed by atoms with E-state index in [1.165, 1.54) is 0 Å². The molecule has 1 aliphatic carbocycles. The molecule has 0 saturated heterocycles. The fourth-order valence-corrected chi connectivity index (χ4v) is 2.76. The maximum Gasteiger partial charge on any atom is 0.316 e. The van der Waals surface area contributed by atoms with Crippen molar-refractivity contribution >= 4 is 11.7 Å². The van der Waals surface area contributed by atoms with Crippen LogP contribution in [0.25, 0.3) is 0 Å². The first-order valence-corrected chi connectivity index (χ1v) is 7.15. The van der Waals surface area contributed by atoms with Crippen LogP contribution in [0, 0.1) is 0 Å². The van der Waals surface area contributed by atoms with E-state index in [9.17, 15) is 9.90 Å². The van der Waals surface area contributed by atoms with E-state index >= 15 is 0 Å². The lowest BCUT2D eigenvalue weighted by Gasteiger charge is -2.29. The molecule has 5 nitrogen and oxygen atoms in total. The van der Waals surface area contributed by atoms with Crippen molar-refractivity contribution in [2.24, 2.45) is 5.73 Å². The number of nitrogens with one attached hydrogen (secondary N) is 2. The highest BCUT2D eigenvalue weighted by Crippen LogP contribution is 2.22. The maximum atomic E-state index is 10.8. The third kappa shape index (κ3) is 4.21. The van der Waals surface area contributed by atoms with Gasteiger partial charge in [-0.15, -0.1) is 0 Å². The van der Waals surface area contributed by atoms with Crippen LogP contribution in [0.5, 0.6) is 0 Å². The quantitative estimate of drug-likeness (QED) is 0.680. The molecule has 1 aliphatic rings. The number of hydrogen-bond donors (Lipinski definition) is 4. The van der Waals surface area contributed by atoms with Crippen molar-refractivity contribution in [2.45, 2.75) is 50.8 Å². The minimum Gasteiger partial charge on any atom is -0.393 e. The second-order valence-corrected chi connectivity index (χ2v) is 5.52. The normalized spacial score (nSPS) is 24.1. The van der Waals surface area contributed by atoms with Gasteiger partial charge in [-0.3, -0.25) is 0 Å². The third-order valence-corrected chi connectivity index (χ3v) is 3.81. The van der Waals surface area contributed by atoms with Crippen LogP contribution in [0.2, 0.25) is 0 Å². The number of carbonyl (C=O) groups is 1. The Balaban J connectivity index is 1.91. The molecule has 0 aromatic heterocycles. The first-order chi connectivity index (χ1) is 9.54. The summed E-state index contributed by atoms with van der Waals surface area (Å²) in [6.45, 7) is 2.11. The first-order valence-electron chi connectivity index (χ1n) is 7.15. The van der Waals surface area contributed by atoms with Gasteiger partial charge in [0.25, 0.3) is 0 Å². The summed E-state index contributed by atoms with van der Waals surface area (Å²) in [6, 6.07) is 7.66. The van der Waals surface area contributed by atoms with Crippen molar-refractivity contribution in [3.05, 3.63) is 29.8 Å². The molecule has 2 amide bonds. The van der Waals surface area contributed by atoms with Gasteiger partial charge in [-0.2, -0.15) is 0 Å². The molecule has 1 aromatic carbocycles. The van der Waals surface area contributed by atoms with Crippen molar-refractivity contribution in [3.63, 3.8) is 0 Å². The number of aliphatic hydroxyl groups is 1. The fourth-order valence-electron chi connectivity index (χ4n) is 2.76. The lowest BCUT2D eigenvalue weighted by molar-refractivity contribution is 0.109. The highest BCUT2D eigenvalue weighted by atomic mass is 16.3. The second-order valence-electron chi connectivity index (χ2n) is 5.52. The van der Waals surface area contributed by atoms with E-state index in [0.29, 0.717) is 11.7 Å². The van der Waals surface area contributed by atoms with Crippen molar-refractivity contribution < 1.29 is 9.90 Å². The zero-order chi connectivity index (χ0) is 14.5. The molecule has 0 spiro atoms. The molecule has 5 N–H and O–H groups in total. The Labute approximate surface area is 119 Å². The predicted molar refractivity (Wildman–Crippen MR) is 79.5 cm³/mol. The van der Waals surface area contributed by atoms with Gasteiger partial charge in [0.2, 0.25) is 0 Å². The zero-order valence-electron chi connectivity index (χ0n) is 11.8. The van der Waals surface area contributed by atoms with Crippen LogP contribution in [0.1, 0.15) is 44.2 Å². The number of carbonyl (C=O) groups excluding carboxylic acids is 1. The van der Waals surface area contributed by atoms with Crippen molar-refractivity contribution in [1.29, 1.82) is 0 Å². The number of nitrogens with two attached hydrogens (primary N) is 1. The van der Waals surface area contributed by atoms with Crippen molar-refractivity contribution in [1.82, 2.24) is 5.32 Å². The summed E-state index contributed by atoms with van der Waals surface area (Å²) >= 11 is 0. The largest absolute Gasteiger partial charge is 0.393 e. The van der Waals surface area contributed by atoms with E-state index in [4.69, 9.17) is 5.73 Å². The molecule has 5 heteroatoms. The summed E-state index contributed by atoms with van der Waals surface area (Å²) in [5, 5.41) is 15.8. The number of urea groups is 1. The summed E-state index contributed by atoms with van der Waals surface area (Å²) < 4.78 is 0. The molecule has 3 atom stereocenters. The summed E-state index contributed by atoms with van der Waals surface area (Å²) in [5.74, 6) is 0. The number of aliphatic hydroxyl groups excluding tert-OH is 1. The van der Waals surface area contributed by atoms with Gasteiger partial charge < -0.3 is 21.5 Å². The van der Waals surface area contributed by atoms with Crippen LogP contribution in [0.15, 0.2) is 24.3 Å². The Morgan fingerprint density at radius 3 is 2.65 bits per heavy atom. The number of amides is 2. The van der Waals surface area contributed by atoms with E-state index in [1.807, 2.05) is 24.3 Å². The molecule has 0 aliphatic heterocycles. The monoisotopic (exact) mass is 277 g/mol. The summed E-state index contributed by atoms with van der Waals surface area (Å²) in [7, 11) is 0. The topological polar surface area (TPSA) is 87.4 Å². The van der Waals surface area contributed by atoms with Gasteiger partial charge in [0, 0.05) is 17.8 Å². The summed E-state index contributed by atoms with van der Waals surface area (Å²) in [6.07, 6.45) is 3.76. The number of benzene rings is 1. The van der Waals surface area contributed by atoms with Crippen molar-refractivity contribution in [3.8, 4) is 0 Å². The van der Waals surface area contributed by atoms with Crippen LogP contribution in [0.3, 0.4) is 0 Å². The molecule has 1 fully saturated rings. The molecule has 1 aromatic rings. The second kappa shape index (κ2) is 6.72. The average Bonchev–Trinajstić information content (AvgIpc) is 2.38. The minimum absolute atomic E-state index is 0.171. The van der Waals surface area contributed by atoms with Gasteiger partial charge in [-0.1, -0.05) is 12.1 Å². The number of primary amides is 1. The van der Waals surface area contributed by atoms with E-state index < -0.39 is 6.03 Å². The lowest BCUT2D eigenvalue weighted by atomic mass is 9.92. The Morgan fingerprint density at radius 1 is 1.35 bits per heavy atom. The molecule has 0 radical (unpaired) electrons. The highest BCUT2D eigenvalue weighted by Gasteiger charge is 2.21. The molecular formula is C15H23N3O2. The number of hydrogen-bond acceptors (Lipinski definition) is 3. The van der Waals surface area contributed by atoms with Gasteiger partial charge in [-0.25, -0.2) is 4.79 Å². The van der Waals surface area contributed by atoms with Crippen LogP contribution < -0.4 is 16.4 Å². The molecule has 2 rings (SSSR count).